The number of carbonyl (C=O) groups is 2. The molecular formula is C11H16N2O2. The first kappa shape index (κ1) is 9.33. The van der Waals surface area contributed by atoms with Crippen molar-refractivity contribution >= 4 is 11.8 Å². The van der Waals surface area contributed by atoms with E-state index in [9.17, 15) is 9.59 Å². The molecule has 3 aliphatic rings. The van der Waals surface area contributed by atoms with Crippen LogP contribution in [-0.4, -0.2) is 36.3 Å². The third kappa shape index (κ3) is 1.31. The number of imide groups is 1. The number of fused-ring (bicyclic) bond motifs is 1. The standard InChI is InChI=1S/C11H16N2O2/c14-10-8-1-2-9(8)11(15)13(10)6-7-3-4-12-5-7/h7-9,12H,1-6H2. The maximum Gasteiger partial charge on any atom is 0.233 e. The summed E-state index contributed by atoms with van der Waals surface area (Å²) in [5, 5.41) is 3.26. The van der Waals surface area contributed by atoms with E-state index in [0.717, 1.165) is 32.4 Å². The maximum absolute atomic E-state index is 11.8. The highest BCUT2D eigenvalue weighted by molar-refractivity contribution is 6.06. The first-order valence-corrected chi connectivity index (χ1v) is 5.83. The van der Waals surface area contributed by atoms with Gasteiger partial charge in [0.2, 0.25) is 11.8 Å². The molecule has 2 heterocycles. The van der Waals surface area contributed by atoms with E-state index in [1.807, 2.05) is 0 Å². The molecular weight excluding hydrogens is 192 g/mol. The Bertz CT molecular complexity index is 288. The van der Waals surface area contributed by atoms with Gasteiger partial charge in [0.1, 0.15) is 0 Å². The van der Waals surface area contributed by atoms with Gasteiger partial charge in [0, 0.05) is 6.54 Å². The quantitative estimate of drug-likeness (QED) is 0.649. The van der Waals surface area contributed by atoms with E-state index in [4.69, 9.17) is 0 Å². The minimum atomic E-state index is 0.0480. The summed E-state index contributed by atoms with van der Waals surface area (Å²) in [4.78, 5) is 25.2. The van der Waals surface area contributed by atoms with Crippen LogP contribution in [0.5, 0.6) is 0 Å². The first-order chi connectivity index (χ1) is 7.27. The smallest absolute Gasteiger partial charge is 0.233 e. The molecule has 4 nitrogen and oxygen atoms in total. The lowest BCUT2D eigenvalue weighted by Crippen LogP contribution is -2.35. The molecule has 0 aromatic rings. The Labute approximate surface area is 89.0 Å². The number of hydrogen-bond donors (Lipinski definition) is 1. The van der Waals surface area contributed by atoms with Gasteiger partial charge in [-0.2, -0.15) is 0 Å². The molecule has 0 bridgehead atoms. The van der Waals surface area contributed by atoms with E-state index >= 15 is 0 Å². The Kier molecular flexibility index (Phi) is 2.06. The number of nitrogens with zero attached hydrogens (tertiary/aromatic N) is 1. The van der Waals surface area contributed by atoms with Gasteiger partial charge in [-0.05, 0) is 38.3 Å². The minimum absolute atomic E-state index is 0.0480. The molecule has 3 fully saturated rings. The Morgan fingerprint density at radius 1 is 1.13 bits per heavy atom. The lowest BCUT2D eigenvalue weighted by atomic mass is 9.76. The molecule has 1 saturated carbocycles. The molecule has 15 heavy (non-hydrogen) atoms. The summed E-state index contributed by atoms with van der Waals surface area (Å²) in [7, 11) is 0. The number of nitrogens with one attached hydrogen (secondary N) is 1. The van der Waals surface area contributed by atoms with Crippen LogP contribution < -0.4 is 5.32 Å². The van der Waals surface area contributed by atoms with Gasteiger partial charge in [-0.3, -0.25) is 14.5 Å². The van der Waals surface area contributed by atoms with Gasteiger partial charge in [0.05, 0.1) is 11.8 Å². The highest BCUT2D eigenvalue weighted by Crippen LogP contribution is 2.42. The Morgan fingerprint density at radius 2 is 1.80 bits per heavy atom. The van der Waals surface area contributed by atoms with Crippen molar-refractivity contribution in [3.63, 3.8) is 0 Å². The van der Waals surface area contributed by atoms with Crippen molar-refractivity contribution in [3.8, 4) is 0 Å². The highest BCUT2D eigenvalue weighted by atomic mass is 16.2. The fourth-order valence-electron chi connectivity index (χ4n) is 2.91. The van der Waals surface area contributed by atoms with Crippen molar-refractivity contribution in [2.75, 3.05) is 19.6 Å². The predicted octanol–water partition coefficient (Wildman–Crippen LogP) is -0.00910. The number of amides is 2. The van der Waals surface area contributed by atoms with Crippen LogP contribution in [0.2, 0.25) is 0 Å². The van der Waals surface area contributed by atoms with Crippen LogP contribution in [0.4, 0.5) is 0 Å². The van der Waals surface area contributed by atoms with Gasteiger partial charge >= 0.3 is 0 Å². The maximum atomic E-state index is 11.8. The highest BCUT2D eigenvalue weighted by Gasteiger charge is 2.52. The van der Waals surface area contributed by atoms with Gasteiger partial charge in [0.25, 0.3) is 0 Å². The first-order valence-electron chi connectivity index (χ1n) is 5.83. The van der Waals surface area contributed by atoms with Gasteiger partial charge in [-0.1, -0.05) is 0 Å². The van der Waals surface area contributed by atoms with E-state index in [1.54, 1.807) is 0 Å². The molecule has 0 radical (unpaired) electrons. The summed E-state index contributed by atoms with van der Waals surface area (Å²) < 4.78 is 0. The van der Waals surface area contributed by atoms with Crippen LogP contribution in [-0.2, 0) is 9.59 Å². The van der Waals surface area contributed by atoms with Crippen molar-refractivity contribution < 1.29 is 9.59 Å². The zero-order chi connectivity index (χ0) is 10.4. The average molecular weight is 208 g/mol. The molecule has 3 atom stereocenters. The van der Waals surface area contributed by atoms with Crippen LogP contribution in [0.3, 0.4) is 0 Å². The van der Waals surface area contributed by atoms with E-state index in [0.29, 0.717) is 12.5 Å². The fourth-order valence-corrected chi connectivity index (χ4v) is 2.91. The molecule has 3 rings (SSSR count). The van der Waals surface area contributed by atoms with Crippen LogP contribution in [0, 0.1) is 17.8 Å². The number of likely N-dealkylation sites (tertiary alicyclic amines) is 1. The molecule has 0 spiro atoms. The molecule has 3 unspecified atom stereocenters. The topological polar surface area (TPSA) is 49.4 Å². The van der Waals surface area contributed by atoms with Gasteiger partial charge in [0.15, 0.2) is 0 Å². The van der Waals surface area contributed by atoms with Crippen LogP contribution >= 0.6 is 0 Å². The summed E-state index contributed by atoms with van der Waals surface area (Å²) in [6.07, 6.45) is 2.94. The molecule has 2 amide bonds. The number of hydrogen-bond acceptors (Lipinski definition) is 3. The minimum Gasteiger partial charge on any atom is -0.316 e. The van der Waals surface area contributed by atoms with Crippen LogP contribution in [0.1, 0.15) is 19.3 Å². The molecule has 1 aliphatic carbocycles. The van der Waals surface area contributed by atoms with Crippen LogP contribution in [0.15, 0.2) is 0 Å². The summed E-state index contributed by atoms with van der Waals surface area (Å²) in [6, 6.07) is 0. The second-order valence-electron chi connectivity index (χ2n) is 4.94. The molecule has 0 aromatic heterocycles. The summed E-state index contributed by atoms with van der Waals surface area (Å²) in [5.41, 5.74) is 0. The Balaban J connectivity index is 1.69. The van der Waals surface area contributed by atoms with Crippen LogP contribution in [0.25, 0.3) is 0 Å². The molecule has 2 saturated heterocycles. The average Bonchev–Trinajstić information content (AvgIpc) is 2.68. The van der Waals surface area contributed by atoms with Crippen molar-refractivity contribution in [2.45, 2.75) is 19.3 Å². The third-order valence-corrected chi connectivity index (χ3v) is 4.04. The third-order valence-electron chi connectivity index (χ3n) is 4.04. The van der Waals surface area contributed by atoms with Crippen molar-refractivity contribution in [2.24, 2.45) is 17.8 Å². The second-order valence-corrected chi connectivity index (χ2v) is 4.94. The van der Waals surface area contributed by atoms with E-state index in [-0.39, 0.29) is 23.7 Å². The van der Waals surface area contributed by atoms with Gasteiger partial charge < -0.3 is 5.32 Å². The van der Waals surface area contributed by atoms with E-state index in [1.165, 1.54) is 4.90 Å². The van der Waals surface area contributed by atoms with Crippen molar-refractivity contribution in [1.29, 1.82) is 0 Å². The molecule has 82 valence electrons. The van der Waals surface area contributed by atoms with E-state index < -0.39 is 0 Å². The normalized spacial score (nSPS) is 39.5. The summed E-state index contributed by atoms with van der Waals surface area (Å²) in [6.45, 7) is 2.62. The summed E-state index contributed by atoms with van der Waals surface area (Å²) in [5.74, 6) is 0.778. The predicted molar refractivity (Wildman–Crippen MR) is 53.9 cm³/mol. The molecule has 2 aliphatic heterocycles. The van der Waals surface area contributed by atoms with Gasteiger partial charge in [-0.15, -0.1) is 0 Å². The van der Waals surface area contributed by atoms with Gasteiger partial charge in [-0.25, -0.2) is 0 Å². The SMILES string of the molecule is O=C1C2CCC2C(=O)N1CC1CCNC1. The molecule has 0 aromatic carbocycles. The number of rotatable bonds is 2. The van der Waals surface area contributed by atoms with E-state index in [2.05, 4.69) is 5.32 Å². The lowest BCUT2D eigenvalue weighted by molar-refractivity contribution is -0.140. The zero-order valence-electron chi connectivity index (χ0n) is 8.74. The zero-order valence-corrected chi connectivity index (χ0v) is 8.74. The Morgan fingerprint density at radius 3 is 2.27 bits per heavy atom. The summed E-state index contributed by atoms with van der Waals surface area (Å²) >= 11 is 0. The Hall–Kier alpha value is -0.900. The number of carbonyl (C=O) groups excluding carboxylic acids is 2. The second kappa shape index (κ2) is 3.30. The van der Waals surface area contributed by atoms with Crippen molar-refractivity contribution in [1.82, 2.24) is 10.2 Å². The molecule has 1 N–H and O–H groups in total. The molecule has 4 heteroatoms. The lowest BCUT2D eigenvalue weighted by Gasteiger charge is -2.24. The fraction of sp³-hybridized carbons (Fsp3) is 0.818. The van der Waals surface area contributed by atoms with Crippen molar-refractivity contribution in [3.05, 3.63) is 0 Å². The largest absolute Gasteiger partial charge is 0.316 e. The monoisotopic (exact) mass is 208 g/mol.